The highest BCUT2D eigenvalue weighted by atomic mass is 79.9. The first-order chi connectivity index (χ1) is 16.5. The largest absolute Gasteiger partial charge is 0.303 e. The number of rotatable bonds is 3. The lowest BCUT2D eigenvalue weighted by Gasteiger charge is -2.17. The number of halogens is 2. The molecule has 3 aromatic carbocycles. The third kappa shape index (κ3) is 3.37. The third-order valence-corrected chi connectivity index (χ3v) is 7.62. The van der Waals surface area contributed by atoms with E-state index in [0.29, 0.717) is 38.0 Å². The van der Waals surface area contributed by atoms with Gasteiger partial charge >= 0.3 is 0 Å². The van der Waals surface area contributed by atoms with Crippen LogP contribution in [0.3, 0.4) is 0 Å². The van der Waals surface area contributed by atoms with Gasteiger partial charge in [-0.15, -0.1) is 5.10 Å². The average molecular weight is 550 g/mol. The van der Waals surface area contributed by atoms with Crippen molar-refractivity contribution in [3.8, 4) is 11.4 Å². The van der Waals surface area contributed by atoms with E-state index in [2.05, 4.69) is 26.0 Å². The number of carbonyl (C=O) groups is 1. The van der Waals surface area contributed by atoms with E-state index in [1.165, 1.54) is 15.9 Å². The number of benzene rings is 3. The summed E-state index contributed by atoms with van der Waals surface area (Å²) < 4.78 is 2.55. The quantitative estimate of drug-likeness (QED) is 0.327. The number of aromatic nitrogens is 3. The molecule has 1 aliphatic heterocycles. The van der Waals surface area contributed by atoms with Gasteiger partial charge in [0.25, 0.3) is 11.5 Å². The van der Waals surface area contributed by atoms with Crippen molar-refractivity contribution in [1.82, 2.24) is 14.6 Å². The second kappa shape index (κ2) is 8.16. The highest BCUT2D eigenvalue weighted by Crippen LogP contribution is 2.37. The van der Waals surface area contributed by atoms with Crippen molar-refractivity contribution in [3.05, 3.63) is 108 Å². The molecular formula is C25H14BrClN4O2S. The van der Waals surface area contributed by atoms with E-state index in [1.807, 2.05) is 66.7 Å². The zero-order valence-electron chi connectivity index (χ0n) is 17.4. The fourth-order valence-corrected chi connectivity index (χ4v) is 5.52. The van der Waals surface area contributed by atoms with E-state index in [-0.39, 0.29) is 11.5 Å². The number of amides is 1. The summed E-state index contributed by atoms with van der Waals surface area (Å²) in [4.78, 5) is 33.6. The molecule has 6 nitrogen and oxygen atoms in total. The minimum atomic E-state index is -0.353. The molecule has 0 unspecified atom stereocenters. The van der Waals surface area contributed by atoms with Gasteiger partial charge in [0.2, 0.25) is 4.96 Å². The number of hydrogen-bond donors (Lipinski definition) is 0. The van der Waals surface area contributed by atoms with Gasteiger partial charge in [0.1, 0.15) is 4.53 Å². The Hall–Kier alpha value is -3.33. The molecule has 0 bridgehead atoms. The van der Waals surface area contributed by atoms with Crippen LogP contribution in [0.1, 0.15) is 11.1 Å². The number of carbonyl (C=O) groups excluding carboxylic acids is 1. The molecule has 34 heavy (non-hydrogen) atoms. The zero-order chi connectivity index (χ0) is 23.4. The van der Waals surface area contributed by atoms with E-state index < -0.39 is 0 Å². The number of nitrogens with zero attached hydrogens (tertiary/aromatic N) is 4. The monoisotopic (exact) mass is 548 g/mol. The van der Waals surface area contributed by atoms with Gasteiger partial charge in [-0.3, -0.25) is 9.59 Å². The van der Waals surface area contributed by atoms with Crippen molar-refractivity contribution in [2.75, 3.05) is 4.90 Å². The molecule has 166 valence electrons. The topological polar surface area (TPSA) is 67.6 Å². The summed E-state index contributed by atoms with van der Waals surface area (Å²) >= 11 is 10.9. The average Bonchev–Trinajstić information content (AvgIpc) is 3.47. The van der Waals surface area contributed by atoms with Gasteiger partial charge in [-0.25, -0.2) is 0 Å². The molecule has 3 heterocycles. The first-order valence-electron chi connectivity index (χ1n) is 10.4. The normalized spacial score (nSPS) is 14.8. The van der Waals surface area contributed by atoms with E-state index in [0.717, 1.165) is 21.3 Å². The maximum absolute atomic E-state index is 13.6. The summed E-state index contributed by atoms with van der Waals surface area (Å²) in [6.07, 6.45) is 0. The molecule has 0 aliphatic carbocycles. The van der Waals surface area contributed by atoms with Crippen LogP contribution in [0.5, 0.6) is 0 Å². The van der Waals surface area contributed by atoms with E-state index in [1.54, 1.807) is 11.0 Å². The lowest BCUT2D eigenvalue weighted by atomic mass is 10.1. The van der Waals surface area contributed by atoms with Crippen LogP contribution in [-0.4, -0.2) is 20.5 Å². The second-order valence-electron chi connectivity index (χ2n) is 7.75. The van der Waals surface area contributed by atoms with Gasteiger partial charge in [0.05, 0.1) is 17.8 Å². The summed E-state index contributed by atoms with van der Waals surface area (Å²) in [7, 11) is 0. The number of anilines is 1. The van der Waals surface area contributed by atoms with E-state index in [4.69, 9.17) is 11.6 Å². The van der Waals surface area contributed by atoms with Gasteiger partial charge in [-0.1, -0.05) is 87.4 Å². The van der Waals surface area contributed by atoms with E-state index >= 15 is 0 Å². The smallest absolute Gasteiger partial charge is 0.291 e. The van der Waals surface area contributed by atoms with Crippen molar-refractivity contribution >= 4 is 61.0 Å². The Morgan fingerprint density at radius 1 is 0.941 bits per heavy atom. The van der Waals surface area contributed by atoms with Crippen molar-refractivity contribution in [3.63, 3.8) is 0 Å². The molecule has 0 spiro atoms. The molecule has 0 atom stereocenters. The van der Waals surface area contributed by atoms with Gasteiger partial charge in [-0.05, 0) is 29.8 Å². The molecule has 0 fully saturated rings. The standard InChI is InChI=1S/C25H14BrClN4O2S/c26-16-11-9-14(10-12-16)22-28-25-31(29-22)24(33)21(34-25)20-17-6-2-4-8-19(17)30(23(20)32)13-15-5-1-3-7-18(15)27/h1-12H,13H2. The van der Waals surface area contributed by atoms with Gasteiger partial charge in [-0.2, -0.15) is 9.50 Å². The fourth-order valence-electron chi connectivity index (χ4n) is 4.06. The summed E-state index contributed by atoms with van der Waals surface area (Å²) in [5.74, 6) is 0.224. The summed E-state index contributed by atoms with van der Waals surface area (Å²) in [5, 5.41) is 5.00. The van der Waals surface area contributed by atoms with Crippen LogP contribution in [0.4, 0.5) is 5.69 Å². The SMILES string of the molecule is O=C1C(=c2sc3nc(-c4ccc(Br)cc4)nn3c2=O)c2ccccc2N1Cc1ccccc1Cl. The third-order valence-electron chi connectivity index (χ3n) is 5.70. The summed E-state index contributed by atoms with van der Waals surface area (Å²) in [5.41, 5.74) is 3.12. The Morgan fingerprint density at radius 2 is 1.68 bits per heavy atom. The van der Waals surface area contributed by atoms with Gasteiger partial charge < -0.3 is 4.90 Å². The Morgan fingerprint density at radius 3 is 2.44 bits per heavy atom. The molecule has 6 rings (SSSR count). The Kier molecular flexibility index (Phi) is 5.09. The molecule has 0 N–H and O–H groups in total. The van der Waals surface area contributed by atoms with Crippen LogP contribution < -0.4 is 15.0 Å². The van der Waals surface area contributed by atoms with Gasteiger partial charge in [0.15, 0.2) is 5.82 Å². The van der Waals surface area contributed by atoms with Crippen LogP contribution in [0.15, 0.2) is 82.1 Å². The molecule has 1 aliphatic rings. The Balaban J connectivity index is 1.50. The van der Waals surface area contributed by atoms with Crippen LogP contribution >= 0.6 is 38.9 Å². The lowest BCUT2D eigenvalue weighted by molar-refractivity contribution is -0.113. The number of hydrogen-bond acceptors (Lipinski definition) is 5. The lowest BCUT2D eigenvalue weighted by Crippen LogP contribution is -2.32. The predicted octanol–water partition coefficient (Wildman–Crippen LogP) is 4.70. The van der Waals surface area contributed by atoms with Crippen LogP contribution in [0.25, 0.3) is 21.9 Å². The van der Waals surface area contributed by atoms with Crippen LogP contribution in [0.2, 0.25) is 5.02 Å². The minimum absolute atomic E-state index is 0.240. The Bertz CT molecular complexity index is 1710. The first kappa shape index (κ1) is 21.2. The molecule has 5 aromatic rings. The van der Waals surface area contributed by atoms with Crippen molar-refractivity contribution in [2.24, 2.45) is 0 Å². The van der Waals surface area contributed by atoms with Crippen LogP contribution in [-0.2, 0) is 11.3 Å². The van der Waals surface area contributed by atoms with Crippen molar-refractivity contribution in [1.29, 1.82) is 0 Å². The molecule has 1 amide bonds. The van der Waals surface area contributed by atoms with E-state index in [9.17, 15) is 9.59 Å². The number of fused-ring (bicyclic) bond motifs is 2. The predicted molar refractivity (Wildman–Crippen MR) is 137 cm³/mol. The van der Waals surface area contributed by atoms with Crippen molar-refractivity contribution in [2.45, 2.75) is 6.54 Å². The number of thiazole rings is 1. The molecule has 2 aromatic heterocycles. The molecular weight excluding hydrogens is 536 g/mol. The molecule has 0 saturated heterocycles. The summed E-state index contributed by atoms with van der Waals surface area (Å²) in [6.45, 7) is 0.307. The maximum Gasteiger partial charge on any atom is 0.291 e. The highest BCUT2D eigenvalue weighted by Gasteiger charge is 2.34. The zero-order valence-corrected chi connectivity index (χ0v) is 20.6. The Labute approximate surface area is 210 Å². The second-order valence-corrected chi connectivity index (χ2v) is 10.0. The van der Waals surface area contributed by atoms with Crippen molar-refractivity contribution < 1.29 is 4.79 Å². The summed E-state index contributed by atoms with van der Waals surface area (Å²) in [6, 6.07) is 22.5. The number of para-hydroxylation sites is 1. The van der Waals surface area contributed by atoms with Gasteiger partial charge in [0, 0.05) is 20.6 Å². The molecule has 0 saturated carbocycles. The molecule has 9 heteroatoms. The van der Waals surface area contributed by atoms with Crippen LogP contribution in [0, 0.1) is 0 Å². The molecule has 0 radical (unpaired) electrons. The fraction of sp³-hybridized carbons (Fsp3) is 0.0400. The maximum atomic E-state index is 13.6. The highest BCUT2D eigenvalue weighted by molar-refractivity contribution is 9.10. The first-order valence-corrected chi connectivity index (χ1v) is 12.3. The minimum Gasteiger partial charge on any atom is -0.303 e.